The van der Waals surface area contributed by atoms with E-state index in [1.165, 1.54) is 6.07 Å². The van der Waals surface area contributed by atoms with Crippen LogP contribution in [0.4, 0.5) is 11.5 Å². The van der Waals surface area contributed by atoms with Crippen LogP contribution >= 0.6 is 11.8 Å². The third-order valence-electron chi connectivity index (χ3n) is 2.02. The maximum Gasteiger partial charge on any atom is 0.311 e. The number of thioether (sulfide) groups is 1. The third-order valence-corrected chi connectivity index (χ3v) is 2.72. The zero-order valence-electron chi connectivity index (χ0n) is 9.40. The van der Waals surface area contributed by atoms with Gasteiger partial charge in [0.1, 0.15) is 0 Å². The molecule has 16 heavy (non-hydrogen) atoms. The summed E-state index contributed by atoms with van der Waals surface area (Å²) in [5.74, 6) is 1.39. The van der Waals surface area contributed by atoms with Gasteiger partial charge in [0, 0.05) is 18.8 Å². The van der Waals surface area contributed by atoms with E-state index in [9.17, 15) is 10.1 Å². The van der Waals surface area contributed by atoms with Gasteiger partial charge in [-0.05, 0) is 30.9 Å². The number of nitro groups is 1. The molecule has 5 nitrogen and oxygen atoms in total. The Morgan fingerprint density at radius 2 is 2.38 bits per heavy atom. The minimum absolute atomic E-state index is 0.0455. The summed E-state index contributed by atoms with van der Waals surface area (Å²) in [6, 6.07) is 1.53. The SMILES string of the molecule is CSCCCNc1ncc(C)cc1[N+](=O)[O-]. The number of aryl methyl sites for hydroxylation is 1. The van der Waals surface area contributed by atoms with Gasteiger partial charge in [0.15, 0.2) is 0 Å². The third kappa shape index (κ3) is 3.69. The van der Waals surface area contributed by atoms with Crippen molar-refractivity contribution in [3.63, 3.8) is 0 Å². The molecule has 88 valence electrons. The van der Waals surface area contributed by atoms with Gasteiger partial charge in [0.25, 0.3) is 0 Å². The summed E-state index contributed by atoms with van der Waals surface area (Å²) in [5.41, 5.74) is 0.838. The highest BCUT2D eigenvalue weighted by molar-refractivity contribution is 7.98. The molecule has 1 aromatic heterocycles. The molecule has 0 amide bonds. The van der Waals surface area contributed by atoms with Crippen LogP contribution < -0.4 is 5.32 Å². The molecule has 1 heterocycles. The van der Waals surface area contributed by atoms with E-state index >= 15 is 0 Å². The van der Waals surface area contributed by atoms with Crippen molar-refractivity contribution in [3.05, 3.63) is 27.9 Å². The number of rotatable bonds is 6. The lowest BCUT2D eigenvalue weighted by atomic mass is 10.3. The van der Waals surface area contributed by atoms with Crippen molar-refractivity contribution in [2.45, 2.75) is 13.3 Å². The van der Waals surface area contributed by atoms with Gasteiger partial charge in [-0.2, -0.15) is 11.8 Å². The first kappa shape index (κ1) is 12.8. The second-order valence-corrected chi connectivity index (χ2v) is 4.40. The Labute approximate surface area is 98.8 Å². The molecule has 0 aliphatic rings. The summed E-state index contributed by atoms with van der Waals surface area (Å²) >= 11 is 1.76. The fraction of sp³-hybridized carbons (Fsp3) is 0.500. The molecule has 0 aromatic carbocycles. The van der Waals surface area contributed by atoms with Crippen LogP contribution in [0.1, 0.15) is 12.0 Å². The summed E-state index contributed by atoms with van der Waals surface area (Å²) in [6.45, 7) is 2.50. The molecular formula is C10H15N3O2S. The Morgan fingerprint density at radius 1 is 1.62 bits per heavy atom. The van der Waals surface area contributed by atoms with Crippen LogP contribution in [0.15, 0.2) is 12.3 Å². The molecule has 1 aromatic rings. The lowest BCUT2D eigenvalue weighted by molar-refractivity contribution is -0.384. The Balaban J connectivity index is 2.67. The average Bonchev–Trinajstić information content (AvgIpc) is 2.26. The van der Waals surface area contributed by atoms with E-state index in [1.807, 2.05) is 6.26 Å². The maximum absolute atomic E-state index is 10.8. The molecular weight excluding hydrogens is 226 g/mol. The Bertz CT molecular complexity index is 371. The number of aromatic nitrogens is 1. The number of anilines is 1. The smallest absolute Gasteiger partial charge is 0.311 e. The van der Waals surface area contributed by atoms with E-state index < -0.39 is 4.92 Å². The van der Waals surface area contributed by atoms with Crippen LogP contribution in [-0.4, -0.2) is 28.5 Å². The molecule has 0 atom stereocenters. The van der Waals surface area contributed by atoms with Gasteiger partial charge in [-0.15, -0.1) is 0 Å². The van der Waals surface area contributed by atoms with Crippen molar-refractivity contribution >= 4 is 23.3 Å². The average molecular weight is 241 g/mol. The molecule has 0 aliphatic carbocycles. The zero-order chi connectivity index (χ0) is 12.0. The first-order valence-electron chi connectivity index (χ1n) is 4.99. The first-order chi connectivity index (χ1) is 7.65. The van der Waals surface area contributed by atoms with Crippen molar-refractivity contribution in [1.29, 1.82) is 0 Å². The van der Waals surface area contributed by atoms with Gasteiger partial charge >= 0.3 is 5.69 Å². The summed E-state index contributed by atoms with van der Waals surface area (Å²) in [7, 11) is 0. The first-order valence-corrected chi connectivity index (χ1v) is 6.38. The van der Waals surface area contributed by atoms with Crippen molar-refractivity contribution in [2.24, 2.45) is 0 Å². The number of nitrogens with zero attached hydrogens (tertiary/aromatic N) is 2. The van der Waals surface area contributed by atoms with Crippen LogP contribution in [0.25, 0.3) is 0 Å². The number of hydrogen-bond donors (Lipinski definition) is 1. The Hall–Kier alpha value is -1.30. The van der Waals surface area contributed by atoms with E-state index in [1.54, 1.807) is 24.9 Å². The highest BCUT2D eigenvalue weighted by Crippen LogP contribution is 2.22. The van der Waals surface area contributed by atoms with Crippen molar-refractivity contribution in [2.75, 3.05) is 23.9 Å². The standard InChI is InChI=1S/C10H15N3O2S/c1-8-6-9(13(14)15)10(12-7-8)11-4-3-5-16-2/h6-7H,3-5H2,1-2H3,(H,11,12). The van der Waals surface area contributed by atoms with Gasteiger partial charge < -0.3 is 5.32 Å². The van der Waals surface area contributed by atoms with E-state index in [0.29, 0.717) is 12.4 Å². The fourth-order valence-electron chi connectivity index (χ4n) is 1.25. The number of hydrogen-bond acceptors (Lipinski definition) is 5. The van der Waals surface area contributed by atoms with Gasteiger partial charge in [0.05, 0.1) is 4.92 Å². The van der Waals surface area contributed by atoms with Crippen LogP contribution in [0.2, 0.25) is 0 Å². The summed E-state index contributed by atoms with van der Waals surface area (Å²) in [4.78, 5) is 14.4. The molecule has 0 radical (unpaired) electrons. The molecule has 0 bridgehead atoms. The normalized spacial score (nSPS) is 10.1. The van der Waals surface area contributed by atoms with Crippen molar-refractivity contribution in [3.8, 4) is 0 Å². The molecule has 0 fully saturated rings. The highest BCUT2D eigenvalue weighted by Gasteiger charge is 2.14. The van der Waals surface area contributed by atoms with Gasteiger partial charge in [-0.1, -0.05) is 0 Å². The van der Waals surface area contributed by atoms with E-state index in [-0.39, 0.29) is 5.69 Å². The van der Waals surface area contributed by atoms with E-state index in [0.717, 1.165) is 17.7 Å². The highest BCUT2D eigenvalue weighted by atomic mass is 32.2. The quantitative estimate of drug-likeness (QED) is 0.470. The van der Waals surface area contributed by atoms with Crippen molar-refractivity contribution in [1.82, 2.24) is 4.98 Å². The molecule has 0 aliphatic heterocycles. The molecule has 0 saturated heterocycles. The van der Waals surface area contributed by atoms with Crippen LogP contribution in [0.3, 0.4) is 0 Å². The van der Waals surface area contributed by atoms with Gasteiger partial charge in [-0.25, -0.2) is 4.98 Å². The predicted molar refractivity (Wildman–Crippen MR) is 67.1 cm³/mol. The van der Waals surface area contributed by atoms with E-state index in [4.69, 9.17) is 0 Å². The topological polar surface area (TPSA) is 68.1 Å². The minimum atomic E-state index is -0.406. The van der Waals surface area contributed by atoms with Crippen LogP contribution in [0.5, 0.6) is 0 Å². The summed E-state index contributed by atoms with van der Waals surface area (Å²) < 4.78 is 0. The molecule has 0 unspecified atom stereocenters. The molecule has 1 N–H and O–H groups in total. The second-order valence-electron chi connectivity index (χ2n) is 3.41. The Morgan fingerprint density at radius 3 is 3.00 bits per heavy atom. The molecule has 6 heteroatoms. The van der Waals surface area contributed by atoms with Gasteiger partial charge in [-0.3, -0.25) is 10.1 Å². The second kappa shape index (κ2) is 6.32. The monoisotopic (exact) mass is 241 g/mol. The maximum atomic E-state index is 10.8. The molecule has 1 rings (SSSR count). The number of nitrogens with one attached hydrogen (secondary N) is 1. The molecule has 0 saturated carbocycles. The van der Waals surface area contributed by atoms with Crippen molar-refractivity contribution < 1.29 is 4.92 Å². The fourth-order valence-corrected chi connectivity index (χ4v) is 1.69. The summed E-state index contributed by atoms with van der Waals surface area (Å²) in [5, 5.41) is 13.8. The predicted octanol–water partition coefficient (Wildman–Crippen LogP) is 2.46. The van der Waals surface area contributed by atoms with E-state index in [2.05, 4.69) is 10.3 Å². The Kier molecular flexibility index (Phi) is 5.04. The van der Waals surface area contributed by atoms with Crippen LogP contribution in [0, 0.1) is 17.0 Å². The largest absolute Gasteiger partial charge is 0.364 e. The zero-order valence-corrected chi connectivity index (χ0v) is 10.2. The lowest BCUT2D eigenvalue weighted by Gasteiger charge is -2.05. The van der Waals surface area contributed by atoms with Gasteiger partial charge in [0.2, 0.25) is 5.82 Å². The number of pyridine rings is 1. The lowest BCUT2D eigenvalue weighted by Crippen LogP contribution is -2.07. The minimum Gasteiger partial charge on any atom is -0.364 e. The van der Waals surface area contributed by atoms with Crippen LogP contribution in [-0.2, 0) is 0 Å². The molecule has 0 spiro atoms. The summed E-state index contributed by atoms with van der Waals surface area (Å²) in [6.07, 6.45) is 4.63.